The summed E-state index contributed by atoms with van der Waals surface area (Å²) in [6.45, 7) is 7.35. The zero-order chi connectivity index (χ0) is 56.8. The van der Waals surface area contributed by atoms with Gasteiger partial charge in [0.05, 0.1) is 18.1 Å². The summed E-state index contributed by atoms with van der Waals surface area (Å²) in [7, 11) is -2.90. The molecule has 3 aliphatic heterocycles. The van der Waals surface area contributed by atoms with Crippen molar-refractivity contribution in [3.8, 4) is 0 Å². The van der Waals surface area contributed by atoms with Gasteiger partial charge in [0.25, 0.3) is 0 Å². The standard InChI is InChI=1S/C19H27N5O3.C18H26BN5O5.C11H22BN3O5/c1-3-4-10-16-11-24(17(25)14(2)20)13-19(16,22-23-21)18(26)27-12-15-8-6-5-7-9-15;1-13(20)16(25)24-10-15(8-5-9-19(27)28)18(12-24,22-23-21)17(26)29-11-14-6-3-2-4-7-14;1-7(13)9(16)15-5-8(3-2-4-12(19)20)11(14,6-15)10(17)18/h5-9,14,16H,3-4,10-13,20H2,1-2H3;2-4,6-7,13,15,27-28H,5,8-12,20H2,1H3;7-8,19-20H,2-6,13-14H2,1H3,(H,17,18)/t14-,16-,19-;13-,15-,18-;7-,8-,11-/m000/s1. The molecule has 13 N–H and O–H groups in total. The Bertz CT molecular complexity index is 2330. The minimum atomic E-state index is -1.59. The summed E-state index contributed by atoms with van der Waals surface area (Å²) < 4.78 is 10.9. The van der Waals surface area contributed by atoms with Gasteiger partial charge in [-0.25, -0.2) is 0 Å². The molecule has 3 saturated heterocycles. The number of azide groups is 2. The SMILES string of the molecule is CCCC[C@H]1CN(C(=O)[C@H](C)N)C[C@@]1(N=[N+]=[N-])C(=O)OCc1ccccc1.C[C@H](N)C(=O)N1C[C@H](CCCB(O)O)[C@](N)(C(=O)O)C1.C[C@H](N)C(=O)N1C[C@H](CCCB(O)O)[C@](N=[N+]=[N-])(C(=O)OCc2ccccc2)C1. The average Bonchev–Trinajstić information content (AvgIpc) is 4.06. The van der Waals surface area contributed by atoms with E-state index in [1.165, 1.54) is 21.6 Å². The molecule has 9 atom stereocenters. The maximum absolute atomic E-state index is 13.0. The number of carbonyl (C=O) groups is 6. The van der Waals surface area contributed by atoms with Gasteiger partial charge in [-0.1, -0.05) is 103 Å². The molecule has 416 valence electrons. The smallest absolute Gasteiger partial charge is 0.451 e. The average molecular weight is 1060 g/mol. The van der Waals surface area contributed by atoms with Gasteiger partial charge in [-0.15, -0.1) is 0 Å². The molecule has 0 saturated carbocycles. The zero-order valence-corrected chi connectivity index (χ0v) is 43.7. The van der Waals surface area contributed by atoms with E-state index in [2.05, 4.69) is 20.1 Å². The van der Waals surface area contributed by atoms with Crippen molar-refractivity contribution < 1.29 is 63.4 Å². The third-order valence-electron chi connectivity index (χ3n) is 13.7. The summed E-state index contributed by atoms with van der Waals surface area (Å²) in [5, 5.41) is 52.7. The number of hydrogen-bond acceptors (Lipinski definition) is 18. The minimum absolute atomic E-state index is 0.000558. The second-order valence-electron chi connectivity index (χ2n) is 19.8. The van der Waals surface area contributed by atoms with Crippen LogP contribution in [0.5, 0.6) is 0 Å². The highest BCUT2D eigenvalue weighted by Crippen LogP contribution is 2.39. The number of benzene rings is 2. The van der Waals surface area contributed by atoms with E-state index in [-0.39, 0.29) is 82.2 Å². The lowest BCUT2D eigenvalue weighted by molar-refractivity contribution is -0.153. The second kappa shape index (κ2) is 30.4. The number of carboxylic acids is 1. The maximum atomic E-state index is 13.0. The molecule has 0 spiro atoms. The van der Waals surface area contributed by atoms with Crippen LogP contribution in [0.15, 0.2) is 70.9 Å². The van der Waals surface area contributed by atoms with E-state index in [0.29, 0.717) is 38.6 Å². The Labute approximate surface area is 442 Å². The molecule has 76 heavy (non-hydrogen) atoms. The Hall–Kier alpha value is -6.31. The molecule has 2 aromatic carbocycles. The van der Waals surface area contributed by atoms with Crippen LogP contribution in [-0.4, -0.2) is 164 Å². The molecule has 28 heteroatoms. The van der Waals surface area contributed by atoms with Gasteiger partial charge in [-0.05, 0) is 74.9 Å². The Morgan fingerprint density at radius 3 is 1.30 bits per heavy atom. The fourth-order valence-corrected chi connectivity index (χ4v) is 9.53. The van der Waals surface area contributed by atoms with Crippen LogP contribution in [0.25, 0.3) is 20.9 Å². The lowest BCUT2D eigenvalue weighted by atomic mass is 9.78. The maximum Gasteiger partial charge on any atom is 0.451 e. The van der Waals surface area contributed by atoms with E-state index < -0.39 is 78.7 Å². The normalized spacial score (nSPS) is 23.7. The van der Waals surface area contributed by atoms with Crippen LogP contribution in [0.3, 0.4) is 0 Å². The summed E-state index contributed by atoms with van der Waals surface area (Å²) in [4.78, 5) is 84.1. The van der Waals surface area contributed by atoms with Crippen LogP contribution in [0, 0.1) is 17.8 Å². The first kappa shape index (κ1) is 64.0. The number of rotatable bonds is 23. The van der Waals surface area contributed by atoms with Gasteiger partial charge < -0.3 is 72.3 Å². The quantitative estimate of drug-likeness (QED) is 0.0250. The number of carbonyl (C=O) groups excluding carboxylic acids is 5. The van der Waals surface area contributed by atoms with Crippen molar-refractivity contribution in [1.29, 1.82) is 0 Å². The fraction of sp³-hybridized carbons (Fsp3) is 0.625. The number of nitrogens with zero attached hydrogens (tertiary/aromatic N) is 9. The summed E-state index contributed by atoms with van der Waals surface area (Å²) in [5.41, 5.74) is 38.2. The highest BCUT2D eigenvalue weighted by atomic mass is 16.5. The number of hydrogen-bond donors (Lipinski definition) is 9. The fourth-order valence-electron chi connectivity index (χ4n) is 9.53. The van der Waals surface area contributed by atoms with E-state index in [4.69, 9.17) is 63.6 Å². The van der Waals surface area contributed by atoms with Gasteiger partial charge in [0.15, 0.2) is 11.1 Å². The number of amides is 3. The summed E-state index contributed by atoms with van der Waals surface area (Å²) in [5.74, 6) is -4.66. The van der Waals surface area contributed by atoms with Crippen LogP contribution in [-0.2, 0) is 51.5 Å². The Morgan fingerprint density at radius 1 is 0.632 bits per heavy atom. The predicted molar refractivity (Wildman–Crippen MR) is 280 cm³/mol. The Balaban J connectivity index is 0.000000306. The number of nitrogens with two attached hydrogens (primary N) is 4. The third kappa shape index (κ3) is 17.6. The van der Waals surface area contributed by atoms with Crippen molar-refractivity contribution in [2.24, 2.45) is 50.9 Å². The summed E-state index contributed by atoms with van der Waals surface area (Å²) in [6.07, 6.45) is 4.26. The van der Waals surface area contributed by atoms with Gasteiger partial charge in [-0.3, -0.25) is 28.8 Å². The van der Waals surface area contributed by atoms with Crippen molar-refractivity contribution in [3.63, 3.8) is 0 Å². The number of ether oxygens (including phenoxy) is 2. The van der Waals surface area contributed by atoms with Crippen LogP contribution in [0.1, 0.15) is 83.8 Å². The lowest BCUT2D eigenvalue weighted by Crippen LogP contribution is -2.55. The molecule has 3 amide bonds. The van der Waals surface area contributed by atoms with Crippen molar-refractivity contribution in [1.82, 2.24) is 14.7 Å². The van der Waals surface area contributed by atoms with E-state index >= 15 is 0 Å². The second-order valence-corrected chi connectivity index (χ2v) is 19.8. The molecule has 3 heterocycles. The van der Waals surface area contributed by atoms with Gasteiger partial charge in [-0.2, -0.15) is 0 Å². The Morgan fingerprint density at radius 2 is 0.974 bits per heavy atom. The number of unbranched alkanes of at least 4 members (excludes halogenated alkanes) is 1. The first-order valence-electron chi connectivity index (χ1n) is 25.3. The van der Waals surface area contributed by atoms with Gasteiger partial charge in [0, 0.05) is 66.8 Å². The third-order valence-corrected chi connectivity index (χ3v) is 13.7. The van der Waals surface area contributed by atoms with Crippen molar-refractivity contribution in [3.05, 3.63) is 92.7 Å². The van der Waals surface area contributed by atoms with E-state index in [9.17, 15) is 33.9 Å². The summed E-state index contributed by atoms with van der Waals surface area (Å²) >= 11 is 0. The van der Waals surface area contributed by atoms with Crippen LogP contribution in [0.4, 0.5) is 0 Å². The number of carboxylic acid groups (broad SMARTS) is 1. The van der Waals surface area contributed by atoms with Gasteiger partial charge >= 0.3 is 32.1 Å². The van der Waals surface area contributed by atoms with Gasteiger partial charge in [0.1, 0.15) is 18.8 Å². The van der Waals surface area contributed by atoms with Crippen LogP contribution in [0.2, 0.25) is 12.6 Å². The highest BCUT2D eigenvalue weighted by Gasteiger charge is 2.56. The predicted octanol–water partition coefficient (Wildman–Crippen LogP) is 1.44. The molecule has 0 radical (unpaired) electrons. The van der Waals surface area contributed by atoms with Crippen LogP contribution < -0.4 is 22.9 Å². The molecule has 0 aliphatic carbocycles. The number of aliphatic carboxylic acids is 1. The summed E-state index contributed by atoms with van der Waals surface area (Å²) in [6, 6.07) is 16.2. The van der Waals surface area contributed by atoms with Gasteiger partial charge in [0.2, 0.25) is 17.7 Å². The first-order valence-corrected chi connectivity index (χ1v) is 25.3. The molecule has 2 aromatic rings. The zero-order valence-electron chi connectivity index (χ0n) is 43.7. The van der Waals surface area contributed by atoms with Crippen molar-refractivity contribution >= 4 is 49.9 Å². The highest BCUT2D eigenvalue weighted by molar-refractivity contribution is 6.41. The van der Waals surface area contributed by atoms with Crippen molar-refractivity contribution in [2.45, 2.75) is 133 Å². The van der Waals surface area contributed by atoms with E-state index in [0.717, 1.165) is 24.0 Å². The molecule has 5 rings (SSSR count). The monoisotopic (exact) mass is 1060 g/mol. The molecular formula is C48H75B2N13O13. The lowest BCUT2D eigenvalue weighted by Gasteiger charge is -2.27. The topological polar surface area (TPSA) is 433 Å². The molecular weight excluding hydrogens is 988 g/mol. The van der Waals surface area contributed by atoms with Crippen molar-refractivity contribution in [2.75, 3.05) is 39.3 Å². The molecule has 0 bridgehead atoms. The molecule has 3 fully saturated rings. The molecule has 0 aromatic heterocycles. The Kier molecular flexibility index (Phi) is 25.6. The molecule has 0 unspecified atom stereocenters. The van der Waals surface area contributed by atoms with E-state index in [1.807, 2.05) is 55.5 Å². The minimum Gasteiger partial charge on any atom is -0.480 e. The molecule has 26 nitrogen and oxygen atoms in total. The largest absolute Gasteiger partial charge is 0.480 e. The van der Waals surface area contributed by atoms with E-state index in [1.54, 1.807) is 26.0 Å². The molecule has 3 aliphatic rings. The number of likely N-dealkylation sites (tertiary alicyclic amines) is 3. The first-order chi connectivity index (χ1) is 35.9. The van der Waals surface area contributed by atoms with Crippen LogP contribution >= 0.6 is 0 Å². The number of esters is 2.